The molecule has 2 amide bonds. The first-order valence-electron chi connectivity index (χ1n) is 11.6. The van der Waals surface area contributed by atoms with Crippen molar-refractivity contribution in [1.82, 2.24) is 4.90 Å². The van der Waals surface area contributed by atoms with E-state index in [1.807, 2.05) is 19.1 Å². The smallest absolute Gasteiger partial charge is 0.291 e. The number of anilines is 1. The number of hydrogen-bond acceptors (Lipinski definition) is 4. The molecule has 0 N–H and O–H groups in total. The van der Waals surface area contributed by atoms with Crippen LogP contribution < -0.4 is 10.3 Å². The molecule has 6 rings (SSSR count). The molecule has 6 nitrogen and oxygen atoms in total. The van der Waals surface area contributed by atoms with E-state index < -0.39 is 28.6 Å². The SMILES string of the molecule is CCCN1C(=O)c2oc3ccc(F)cc3c(=O)c2C12C(=O)N(Cc1ccccc1Cl)c1ccccc12. The summed E-state index contributed by atoms with van der Waals surface area (Å²) in [6.07, 6.45) is 0.545. The van der Waals surface area contributed by atoms with Gasteiger partial charge in [-0.15, -0.1) is 0 Å². The number of carbonyl (C=O) groups is 2. The van der Waals surface area contributed by atoms with Crippen molar-refractivity contribution in [1.29, 1.82) is 0 Å². The van der Waals surface area contributed by atoms with Crippen LogP contribution in [0.2, 0.25) is 5.02 Å². The Bertz CT molecular complexity index is 1650. The number of fused-ring (bicyclic) bond motifs is 5. The number of carbonyl (C=O) groups excluding carboxylic acids is 2. The quantitative estimate of drug-likeness (QED) is 0.382. The average Bonchev–Trinajstić information content (AvgIpc) is 3.26. The zero-order valence-electron chi connectivity index (χ0n) is 19.3. The van der Waals surface area contributed by atoms with Crippen molar-refractivity contribution in [2.24, 2.45) is 0 Å². The maximum atomic E-state index is 14.5. The summed E-state index contributed by atoms with van der Waals surface area (Å²) in [4.78, 5) is 45.1. The molecule has 0 fully saturated rings. The first-order chi connectivity index (χ1) is 17.4. The Morgan fingerprint density at radius 1 is 1.00 bits per heavy atom. The number of rotatable bonds is 4. The maximum Gasteiger partial charge on any atom is 0.291 e. The highest BCUT2D eigenvalue weighted by Gasteiger charge is 2.64. The van der Waals surface area contributed by atoms with Crippen molar-refractivity contribution in [3.05, 3.63) is 110 Å². The third-order valence-corrected chi connectivity index (χ3v) is 7.30. The molecule has 0 saturated carbocycles. The minimum absolute atomic E-state index is 0.0193. The number of hydrogen-bond donors (Lipinski definition) is 0. The van der Waals surface area contributed by atoms with Gasteiger partial charge in [0.15, 0.2) is 11.0 Å². The largest absolute Gasteiger partial charge is 0.450 e. The molecule has 1 aromatic heterocycles. The fourth-order valence-electron chi connectivity index (χ4n) is 5.44. The van der Waals surface area contributed by atoms with E-state index >= 15 is 0 Å². The topological polar surface area (TPSA) is 70.8 Å². The van der Waals surface area contributed by atoms with E-state index in [1.54, 1.807) is 41.3 Å². The van der Waals surface area contributed by atoms with Crippen LogP contribution in [0.4, 0.5) is 10.1 Å². The van der Waals surface area contributed by atoms with E-state index in [4.69, 9.17) is 16.0 Å². The number of nitrogens with zero attached hydrogens (tertiary/aromatic N) is 2. The summed E-state index contributed by atoms with van der Waals surface area (Å²) in [7, 11) is 0. The minimum Gasteiger partial charge on any atom is -0.450 e. The van der Waals surface area contributed by atoms with E-state index in [9.17, 15) is 18.8 Å². The highest BCUT2D eigenvalue weighted by Crippen LogP contribution is 2.53. The average molecular weight is 503 g/mol. The molecule has 0 aliphatic carbocycles. The van der Waals surface area contributed by atoms with Gasteiger partial charge >= 0.3 is 0 Å². The Labute approximate surface area is 210 Å². The van der Waals surface area contributed by atoms with Gasteiger partial charge in [-0.05, 0) is 42.3 Å². The number of halogens is 2. The van der Waals surface area contributed by atoms with Crippen molar-refractivity contribution in [3.63, 3.8) is 0 Å². The molecule has 4 aromatic rings. The Morgan fingerprint density at radius 3 is 2.53 bits per heavy atom. The van der Waals surface area contributed by atoms with Crippen molar-refractivity contribution in [3.8, 4) is 0 Å². The van der Waals surface area contributed by atoms with E-state index in [-0.39, 0.29) is 35.4 Å². The van der Waals surface area contributed by atoms with Crippen molar-refractivity contribution >= 4 is 40.1 Å². The molecule has 36 heavy (non-hydrogen) atoms. The normalized spacial score (nSPS) is 18.4. The lowest BCUT2D eigenvalue weighted by Crippen LogP contribution is -2.53. The van der Waals surface area contributed by atoms with Crippen LogP contribution >= 0.6 is 11.6 Å². The molecule has 0 bridgehead atoms. The van der Waals surface area contributed by atoms with E-state index in [0.29, 0.717) is 22.7 Å². The van der Waals surface area contributed by atoms with Gasteiger partial charge in [0.25, 0.3) is 11.8 Å². The van der Waals surface area contributed by atoms with Gasteiger partial charge in [0.2, 0.25) is 5.76 Å². The van der Waals surface area contributed by atoms with E-state index in [0.717, 1.165) is 17.7 Å². The summed E-state index contributed by atoms with van der Waals surface area (Å²) in [5.74, 6) is -1.79. The molecule has 3 aromatic carbocycles. The molecule has 0 saturated heterocycles. The Balaban J connectivity index is 1.67. The summed E-state index contributed by atoms with van der Waals surface area (Å²) in [6, 6.07) is 17.9. The highest BCUT2D eigenvalue weighted by atomic mass is 35.5. The van der Waals surface area contributed by atoms with Crippen molar-refractivity contribution < 1.29 is 18.4 Å². The van der Waals surface area contributed by atoms with Crippen LogP contribution in [0, 0.1) is 5.82 Å². The monoisotopic (exact) mass is 502 g/mol. The van der Waals surface area contributed by atoms with Crippen LogP contribution in [0.15, 0.2) is 75.9 Å². The Morgan fingerprint density at radius 2 is 1.75 bits per heavy atom. The summed E-state index contributed by atoms with van der Waals surface area (Å²) in [5.41, 5.74) is -0.499. The molecule has 1 unspecified atom stereocenters. The van der Waals surface area contributed by atoms with Crippen LogP contribution in [-0.2, 0) is 16.9 Å². The summed E-state index contributed by atoms with van der Waals surface area (Å²) >= 11 is 6.41. The third kappa shape index (κ3) is 2.86. The maximum absolute atomic E-state index is 14.5. The van der Waals surface area contributed by atoms with Crippen LogP contribution in [0.5, 0.6) is 0 Å². The number of benzene rings is 3. The molecule has 1 atom stereocenters. The van der Waals surface area contributed by atoms with E-state index in [2.05, 4.69) is 0 Å². The van der Waals surface area contributed by atoms with Gasteiger partial charge in [0.05, 0.1) is 23.2 Å². The molecule has 3 heterocycles. The zero-order chi connectivity index (χ0) is 25.2. The Kier molecular flexibility index (Phi) is 5.02. The first-order valence-corrected chi connectivity index (χ1v) is 12.0. The van der Waals surface area contributed by atoms with Gasteiger partial charge in [0.1, 0.15) is 11.4 Å². The van der Waals surface area contributed by atoms with Crippen molar-refractivity contribution in [2.75, 3.05) is 11.4 Å². The molecule has 0 radical (unpaired) electrons. The first kappa shape index (κ1) is 22.5. The lowest BCUT2D eigenvalue weighted by molar-refractivity contribution is -0.126. The Hall–Kier alpha value is -3.97. The molecular weight excluding hydrogens is 483 g/mol. The van der Waals surface area contributed by atoms with Gasteiger partial charge in [-0.1, -0.05) is 54.9 Å². The second-order valence-electron chi connectivity index (χ2n) is 8.94. The molecule has 180 valence electrons. The second-order valence-corrected chi connectivity index (χ2v) is 9.35. The zero-order valence-corrected chi connectivity index (χ0v) is 20.0. The fraction of sp³-hybridized carbons (Fsp3) is 0.179. The van der Waals surface area contributed by atoms with Crippen molar-refractivity contribution in [2.45, 2.75) is 25.4 Å². The van der Waals surface area contributed by atoms with Crippen LogP contribution in [0.3, 0.4) is 0 Å². The van der Waals surface area contributed by atoms with Gasteiger partial charge < -0.3 is 14.2 Å². The lowest BCUT2D eigenvalue weighted by Gasteiger charge is -2.34. The second kappa shape index (κ2) is 8.03. The number of amides is 2. The fourth-order valence-corrected chi connectivity index (χ4v) is 5.64. The third-order valence-electron chi connectivity index (χ3n) is 6.93. The van der Waals surface area contributed by atoms with Crippen LogP contribution in [0.1, 0.15) is 40.6 Å². The number of para-hydroxylation sites is 1. The summed E-state index contributed by atoms with van der Waals surface area (Å²) in [5, 5.41) is 0.479. The van der Waals surface area contributed by atoms with Gasteiger partial charge in [-0.2, -0.15) is 0 Å². The van der Waals surface area contributed by atoms with Gasteiger partial charge in [0, 0.05) is 17.1 Å². The molecule has 8 heteroatoms. The molecule has 2 aliphatic rings. The molecule has 1 spiro atoms. The van der Waals surface area contributed by atoms with E-state index in [1.165, 1.54) is 11.0 Å². The van der Waals surface area contributed by atoms with Gasteiger partial charge in [-0.3, -0.25) is 14.4 Å². The predicted octanol–water partition coefficient (Wildman–Crippen LogP) is 5.24. The van der Waals surface area contributed by atoms with Crippen LogP contribution in [0.25, 0.3) is 11.0 Å². The van der Waals surface area contributed by atoms with Gasteiger partial charge in [-0.25, -0.2) is 4.39 Å². The standard InChI is InChI=1S/C28H20ClFN2O4/c1-2-13-32-26(34)25-23(24(33)18-14-17(30)11-12-22(18)36-25)28(32)19-8-4-6-10-21(19)31(27(28)35)15-16-7-3-5-9-20(16)29/h3-12,14H,2,13,15H2,1H3. The summed E-state index contributed by atoms with van der Waals surface area (Å²) < 4.78 is 20.0. The molecule has 2 aliphatic heterocycles. The summed E-state index contributed by atoms with van der Waals surface area (Å²) in [6.45, 7) is 2.25. The minimum atomic E-state index is -1.72. The molecular formula is C28H20ClFN2O4. The highest BCUT2D eigenvalue weighted by molar-refractivity contribution is 6.31. The van der Waals surface area contributed by atoms with Crippen LogP contribution in [-0.4, -0.2) is 23.3 Å². The lowest BCUT2D eigenvalue weighted by atomic mass is 9.84. The predicted molar refractivity (Wildman–Crippen MR) is 134 cm³/mol.